The van der Waals surface area contributed by atoms with Gasteiger partial charge in [-0.15, -0.1) is 0 Å². The van der Waals surface area contributed by atoms with Crippen LogP contribution >= 0.6 is 11.6 Å². The second-order valence-electron chi connectivity index (χ2n) is 4.57. The maximum Gasteiger partial charge on any atom is 0.120 e. The summed E-state index contributed by atoms with van der Waals surface area (Å²) in [5, 5.41) is 13.7. The van der Waals surface area contributed by atoms with E-state index in [4.69, 9.17) is 20.8 Å². The molecule has 1 aromatic carbocycles. The normalized spacial score (nSPS) is 13.9. The molecule has 20 heavy (non-hydrogen) atoms. The molecule has 0 aliphatic heterocycles. The molecule has 0 spiro atoms. The number of hydrogen-bond donors (Lipinski definition) is 2. The molecule has 0 radical (unpaired) electrons. The van der Waals surface area contributed by atoms with Crippen LogP contribution in [0.5, 0.6) is 5.75 Å². The minimum atomic E-state index is -0.605. The van der Waals surface area contributed by atoms with Crippen LogP contribution in [0.25, 0.3) is 0 Å². The molecular weight excluding hydrogens is 278 g/mol. The van der Waals surface area contributed by atoms with Gasteiger partial charge in [-0.1, -0.05) is 17.7 Å². The van der Waals surface area contributed by atoms with Crippen molar-refractivity contribution in [2.45, 2.75) is 19.1 Å². The summed E-state index contributed by atoms with van der Waals surface area (Å²) in [6.45, 7) is 2.60. The lowest BCUT2D eigenvalue weighted by molar-refractivity contribution is 0.103. The molecule has 0 bridgehead atoms. The molecule has 0 aliphatic rings. The van der Waals surface area contributed by atoms with Crippen LogP contribution in [-0.4, -0.2) is 24.4 Å². The van der Waals surface area contributed by atoms with Gasteiger partial charge in [-0.25, -0.2) is 0 Å². The van der Waals surface area contributed by atoms with Gasteiger partial charge in [0.1, 0.15) is 24.2 Å². The lowest BCUT2D eigenvalue weighted by Crippen LogP contribution is -2.32. The van der Waals surface area contributed by atoms with E-state index in [9.17, 15) is 5.11 Å². The maximum absolute atomic E-state index is 9.88. The first-order valence-electron chi connectivity index (χ1n) is 6.48. The monoisotopic (exact) mass is 295 g/mol. The Labute approximate surface area is 123 Å². The van der Waals surface area contributed by atoms with Gasteiger partial charge in [-0.3, -0.25) is 0 Å². The van der Waals surface area contributed by atoms with Gasteiger partial charge in [0.25, 0.3) is 0 Å². The fourth-order valence-corrected chi connectivity index (χ4v) is 1.94. The van der Waals surface area contributed by atoms with E-state index < -0.39 is 6.10 Å². The highest BCUT2D eigenvalue weighted by molar-refractivity contribution is 6.30. The van der Waals surface area contributed by atoms with Crippen LogP contribution < -0.4 is 10.1 Å². The number of nitrogens with one attached hydrogen (secondary N) is 1. The highest BCUT2D eigenvalue weighted by atomic mass is 35.5. The predicted octanol–water partition coefficient (Wildman–Crippen LogP) is 3.02. The molecule has 0 amide bonds. The van der Waals surface area contributed by atoms with Gasteiger partial charge in [0.05, 0.1) is 12.3 Å². The molecule has 1 heterocycles. The van der Waals surface area contributed by atoms with Crippen LogP contribution in [-0.2, 0) is 0 Å². The number of aliphatic hydroxyl groups excluding tert-OH is 1. The van der Waals surface area contributed by atoms with Gasteiger partial charge >= 0.3 is 0 Å². The van der Waals surface area contributed by atoms with Crippen LogP contribution in [0.4, 0.5) is 0 Å². The van der Waals surface area contributed by atoms with Crippen molar-refractivity contribution in [2.75, 3.05) is 13.2 Å². The number of furan rings is 1. The SMILES string of the molecule is CC(NCC(O)COc1cccc(Cl)c1)c1ccco1. The number of rotatable bonds is 7. The van der Waals surface area contributed by atoms with Crippen molar-refractivity contribution < 1.29 is 14.3 Å². The summed E-state index contributed by atoms with van der Waals surface area (Å²) in [5.74, 6) is 1.49. The Kier molecular flexibility index (Phi) is 5.47. The standard InChI is InChI=1S/C15H18ClNO3/c1-11(15-6-3-7-19-15)17-9-13(18)10-20-14-5-2-4-12(16)8-14/h2-8,11,13,17-18H,9-10H2,1H3. The van der Waals surface area contributed by atoms with Gasteiger partial charge in [0, 0.05) is 11.6 Å². The van der Waals surface area contributed by atoms with Gasteiger partial charge in [0.15, 0.2) is 0 Å². The third-order valence-electron chi connectivity index (χ3n) is 2.87. The Morgan fingerprint density at radius 1 is 1.35 bits per heavy atom. The van der Waals surface area contributed by atoms with Crippen LogP contribution in [0, 0.1) is 0 Å². The molecule has 0 fully saturated rings. The van der Waals surface area contributed by atoms with E-state index in [1.165, 1.54) is 0 Å². The molecule has 0 aliphatic carbocycles. The van der Waals surface area contributed by atoms with Crippen molar-refractivity contribution in [3.63, 3.8) is 0 Å². The average Bonchev–Trinajstić information content (AvgIpc) is 2.97. The molecule has 2 N–H and O–H groups in total. The fourth-order valence-electron chi connectivity index (χ4n) is 1.76. The van der Waals surface area contributed by atoms with E-state index in [1.807, 2.05) is 19.1 Å². The summed E-state index contributed by atoms with van der Waals surface area (Å²) in [6, 6.07) is 10.9. The quantitative estimate of drug-likeness (QED) is 0.824. The lowest BCUT2D eigenvalue weighted by atomic mass is 10.2. The van der Waals surface area contributed by atoms with Crippen molar-refractivity contribution in [2.24, 2.45) is 0 Å². The smallest absolute Gasteiger partial charge is 0.120 e. The zero-order valence-electron chi connectivity index (χ0n) is 11.3. The van der Waals surface area contributed by atoms with Crippen LogP contribution in [0.15, 0.2) is 47.1 Å². The minimum Gasteiger partial charge on any atom is -0.491 e. The van der Waals surface area contributed by atoms with E-state index >= 15 is 0 Å². The number of hydrogen-bond acceptors (Lipinski definition) is 4. The summed E-state index contributed by atoms with van der Waals surface area (Å²) in [4.78, 5) is 0. The van der Waals surface area contributed by atoms with E-state index in [0.717, 1.165) is 5.76 Å². The predicted molar refractivity (Wildman–Crippen MR) is 78.1 cm³/mol. The number of ether oxygens (including phenoxy) is 1. The zero-order valence-corrected chi connectivity index (χ0v) is 12.0. The summed E-state index contributed by atoms with van der Waals surface area (Å²) < 4.78 is 10.8. The molecule has 2 unspecified atom stereocenters. The molecule has 0 saturated carbocycles. The van der Waals surface area contributed by atoms with Crippen LogP contribution in [0.2, 0.25) is 5.02 Å². The third-order valence-corrected chi connectivity index (χ3v) is 3.10. The van der Waals surface area contributed by atoms with Gasteiger partial charge in [-0.05, 0) is 37.3 Å². The zero-order chi connectivity index (χ0) is 14.4. The van der Waals surface area contributed by atoms with Crippen LogP contribution in [0.1, 0.15) is 18.7 Å². The number of halogens is 1. The van der Waals surface area contributed by atoms with Gasteiger partial charge in [0.2, 0.25) is 0 Å². The first-order chi connectivity index (χ1) is 9.65. The lowest BCUT2D eigenvalue weighted by Gasteiger charge is -2.16. The van der Waals surface area contributed by atoms with Crippen molar-refractivity contribution in [3.05, 3.63) is 53.4 Å². The van der Waals surface area contributed by atoms with Crippen molar-refractivity contribution >= 4 is 11.6 Å². The average molecular weight is 296 g/mol. The van der Waals surface area contributed by atoms with E-state index in [2.05, 4.69) is 5.32 Å². The molecule has 5 heteroatoms. The second-order valence-corrected chi connectivity index (χ2v) is 5.00. The van der Waals surface area contributed by atoms with Crippen LogP contribution in [0.3, 0.4) is 0 Å². The topological polar surface area (TPSA) is 54.6 Å². The molecule has 108 valence electrons. The minimum absolute atomic E-state index is 0.0471. The maximum atomic E-state index is 9.88. The molecule has 2 atom stereocenters. The van der Waals surface area contributed by atoms with Gasteiger partial charge < -0.3 is 19.6 Å². The Hall–Kier alpha value is -1.49. The Morgan fingerprint density at radius 3 is 2.90 bits per heavy atom. The molecule has 4 nitrogen and oxygen atoms in total. The summed E-state index contributed by atoms with van der Waals surface area (Å²) in [6.07, 6.45) is 1.03. The molecule has 0 saturated heterocycles. The molecule has 1 aromatic heterocycles. The third kappa shape index (κ3) is 4.56. The second kappa shape index (κ2) is 7.33. The van der Waals surface area contributed by atoms with Crippen molar-refractivity contribution in [1.82, 2.24) is 5.32 Å². The molecule has 2 rings (SSSR count). The summed E-state index contributed by atoms with van der Waals surface area (Å²) >= 11 is 5.85. The number of benzene rings is 1. The molecule has 2 aromatic rings. The van der Waals surface area contributed by atoms with Crippen molar-refractivity contribution in [3.8, 4) is 5.75 Å². The number of aliphatic hydroxyl groups is 1. The highest BCUT2D eigenvalue weighted by Crippen LogP contribution is 2.17. The van der Waals surface area contributed by atoms with Crippen molar-refractivity contribution in [1.29, 1.82) is 0 Å². The van der Waals surface area contributed by atoms with E-state index in [1.54, 1.807) is 30.5 Å². The van der Waals surface area contributed by atoms with E-state index in [-0.39, 0.29) is 12.6 Å². The largest absolute Gasteiger partial charge is 0.491 e. The Bertz CT molecular complexity index is 516. The first kappa shape index (κ1) is 14.9. The molecular formula is C15H18ClNO3. The summed E-state index contributed by atoms with van der Waals surface area (Å²) in [5.41, 5.74) is 0. The van der Waals surface area contributed by atoms with E-state index in [0.29, 0.717) is 17.3 Å². The Balaban J connectivity index is 1.71. The Morgan fingerprint density at radius 2 is 2.20 bits per heavy atom. The highest BCUT2D eigenvalue weighted by Gasteiger charge is 2.11. The summed E-state index contributed by atoms with van der Waals surface area (Å²) in [7, 11) is 0. The van der Waals surface area contributed by atoms with Gasteiger partial charge in [-0.2, -0.15) is 0 Å². The first-order valence-corrected chi connectivity index (χ1v) is 6.86. The fraction of sp³-hybridized carbons (Fsp3) is 0.333.